The van der Waals surface area contributed by atoms with E-state index in [0.717, 1.165) is 24.8 Å². The molecule has 0 radical (unpaired) electrons. The summed E-state index contributed by atoms with van der Waals surface area (Å²) in [7, 11) is 0. The summed E-state index contributed by atoms with van der Waals surface area (Å²) in [6.07, 6.45) is 7.78. The Morgan fingerprint density at radius 3 is 2.44 bits per heavy atom. The number of aryl methyl sites for hydroxylation is 1. The molecule has 1 atom stereocenters. The summed E-state index contributed by atoms with van der Waals surface area (Å²) >= 11 is 0. The highest BCUT2D eigenvalue weighted by Gasteiger charge is 2.23. The summed E-state index contributed by atoms with van der Waals surface area (Å²) in [5.74, 6) is 1.27. The predicted octanol–water partition coefficient (Wildman–Crippen LogP) is 5.08. The Morgan fingerprint density at radius 1 is 1.06 bits per heavy atom. The Kier molecular flexibility index (Phi) is 8.72. The number of rotatable bonds is 9. The zero-order chi connectivity index (χ0) is 22.9. The van der Waals surface area contributed by atoms with E-state index in [9.17, 15) is 14.7 Å². The molecule has 0 heterocycles. The number of hydrogen-bond acceptors (Lipinski definition) is 3. The topological polar surface area (TPSA) is 78.4 Å². The van der Waals surface area contributed by atoms with Gasteiger partial charge < -0.3 is 15.7 Å². The number of hydrogen-bond donors (Lipinski definition) is 3. The molecule has 2 aromatic carbocycles. The molecule has 5 nitrogen and oxygen atoms in total. The van der Waals surface area contributed by atoms with Gasteiger partial charge in [-0.1, -0.05) is 36.8 Å². The molecule has 32 heavy (non-hydrogen) atoms. The monoisotopic (exact) mass is 436 g/mol. The summed E-state index contributed by atoms with van der Waals surface area (Å²) in [6, 6.07) is 15.1. The van der Waals surface area contributed by atoms with Crippen LogP contribution in [0.5, 0.6) is 5.75 Å². The van der Waals surface area contributed by atoms with Crippen LogP contribution in [0.3, 0.4) is 0 Å². The Balaban J connectivity index is 1.36. The van der Waals surface area contributed by atoms with Crippen LogP contribution in [0.15, 0.2) is 48.5 Å². The van der Waals surface area contributed by atoms with Crippen molar-refractivity contribution in [2.45, 2.75) is 70.8 Å². The van der Waals surface area contributed by atoms with Crippen LogP contribution in [-0.4, -0.2) is 29.5 Å². The quantitative estimate of drug-likeness (QED) is 0.513. The smallest absolute Gasteiger partial charge is 0.251 e. The molecule has 1 aliphatic rings. The highest BCUT2D eigenvalue weighted by Crippen LogP contribution is 2.38. The molecule has 0 spiro atoms. The van der Waals surface area contributed by atoms with E-state index in [1.54, 1.807) is 18.2 Å². The number of nitrogens with one attached hydrogen (secondary N) is 2. The highest BCUT2D eigenvalue weighted by atomic mass is 16.3. The van der Waals surface area contributed by atoms with Gasteiger partial charge in [0.2, 0.25) is 5.91 Å². The van der Waals surface area contributed by atoms with Crippen molar-refractivity contribution < 1.29 is 14.7 Å². The number of phenols is 1. The second kappa shape index (κ2) is 11.7. The summed E-state index contributed by atoms with van der Waals surface area (Å²) in [5, 5.41) is 15.3. The second-order valence-electron chi connectivity index (χ2n) is 9.11. The van der Waals surface area contributed by atoms with Crippen molar-refractivity contribution in [3.05, 3.63) is 65.2 Å². The van der Waals surface area contributed by atoms with Crippen molar-refractivity contribution in [2.24, 2.45) is 5.92 Å². The molecule has 1 fully saturated rings. The highest BCUT2D eigenvalue weighted by molar-refractivity contribution is 5.96. The minimum atomic E-state index is -0.220. The zero-order valence-electron chi connectivity index (χ0n) is 19.3. The van der Waals surface area contributed by atoms with E-state index in [1.165, 1.54) is 31.2 Å². The lowest BCUT2D eigenvalue weighted by Crippen LogP contribution is -2.42. The number of phenolic OH excluding ortho intramolecular Hbond substituents is 1. The van der Waals surface area contributed by atoms with Crippen LogP contribution in [0, 0.1) is 12.8 Å². The van der Waals surface area contributed by atoms with Crippen molar-refractivity contribution in [2.75, 3.05) is 6.54 Å². The first-order valence-corrected chi connectivity index (χ1v) is 11.9. The summed E-state index contributed by atoms with van der Waals surface area (Å²) < 4.78 is 0. The molecule has 3 N–H and O–H groups in total. The fourth-order valence-corrected chi connectivity index (χ4v) is 4.67. The van der Waals surface area contributed by atoms with E-state index >= 15 is 0 Å². The lowest BCUT2D eigenvalue weighted by molar-refractivity contribution is -0.120. The first kappa shape index (κ1) is 23.8. The van der Waals surface area contributed by atoms with Crippen molar-refractivity contribution in [1.29, 1.82) is 0 Å². The number of benzene rings is 2. The van der Waals surface area contributed by atoms with E-state index in [1.807, 2.05) is 37.3 Å². The van der Waals surface area contributed by atoms with E-state index in [0.29, 0.717) is 23.1 Å². The van der Waals surface area contributed by atoms with Crippen molar-refractivity contribution in [3.63, 3.8) is 0 Å². The molecule has 1 saturated carbocycles. The molecule has 0 aromatic heterocycles. The van der Waals surface area contributed by atoms with Gasteiger partial charge in [-0.2, -0.15) is 0 Å². The average molecular weight is 437 g/mol. The molecule has 1 aliphatic carbocycles. The maximum absolute atomic E-state index is 12.3. The second-order valence-corrected chi connectivity index (χ2v) is 9.11. The lowest BCUT2D eigenvalue weighted by Gasteiger charge is -2.30. The van der Waals surface area contributed by atoms with Gasteiger partial charge in [-0.05, 0) is 93.5 Å². The molecule has 2 aromatic rings. The first-order valence-electron chi connectivity index (χ1n) is 11.9. The van der Waals surface area contributed by atoms with Crippen LogP contribution in [-0.2, 0) is 4.79 Å². The maximum Gasteiger partial charge on any atom is 0.251 e. The molecular formula is C27H36N2O3. The van der Waals surface area contributed by atoms with Crippen LogP contribution in [0.25, 0.3) is 0 Å². The number of aromatic hydroxyl groups is 1. The van der Waals surface area contributed by atoms with Crippen LogP contribution in [0.1, 0.15) is 79.3 Å². The van der Waals surface area contributed by atoms with Gasteiger partial charge in [-0.25, -0.2) is 0 Å². The van der Waals surface area contributed by atoms with E-state index < -0.39 is 0 Å². The fourth-order valence-electron chi connectivity index (χ4n) is 4.67. The van der Waals surface area contributed by atoms with Crippen LogP contribution < -0.4 is 10.6 Å². The van der Waals surface area contributed by atoms with Gasteiger partial charge in [-0.15, -0.1) is 0 Å². The van der Waals surface area contributed by atoms with Crippen molar-refractivity contribution in [1.82, 2.24) is 10.6 Å². The molecular weight excluding hydrogens is 400 g/mol. The van der Waals surface area contributed by atoms with E-state index in [2.05, 4.69) is 17.6 Å². The summed E-state index contributed by atoms with van der Waals surface area (Å²) in [6.45, 7) is 4.04. The normalized spacial score (nSPS) is 19.2. The Labute approximate surface area is 191 Å². The molecule has 0 aliphatic heterocycles. The third kappa shape index (κ3) is 7.11. The summed E-state index contributed by atoms with van der Waals surface area (Å²) in [5.41, 5.74) is 2.92. The third-order valence-electron chi connectivity index (χ3n) is 6.68. The van der Waals surface area contributed by atoms with Gasteiger partial charge >= 0.3 is 0 Å². The molecule has 1 unspecified atom stereocenters. The molecule has 0 saturated heterocycles. The Morgan fingerprint density at radius 2 is 1.78 bits per heavy atom. The fraction of sp³-hybridized carbons (Fsp3) is 0.481. The number of carbonyl (C=O) groups is 2. The van der Waals surface area contributed by atoms with E-state index in [4.69, 9.17) is 0 Å². The van der Waals surface area contributed by atoms with Gasteiger partial charge in [0.15, 0.2) is 0 Å². The lowest BCUT2D eigenvalue weighted by atomic mass is 9.77. The van der Waals surface area contributed by atoms with Gasteiger partial charge in [0.25, 0.3) is 5.91 Å². The van der Waals surface area contributed by atoms with Crippen LogP contribution in [0.4, 0.5) is 0 Å². The minimum Gasteiger partial charge on any atom is -0.508 e. The Hall–Kier alpha value is -2.82. The van der Waals surface area contributed by atoms with Gasteiger partial charge in [0, 0.05) is 11.6 Å². The standard InChI is InChI=1S/C27H36N2O3/c1-3-24(29-26(31)18-28-27(32)23-6-4-5-19(2)17-23)14-9-20-7-10-21(11-8-20)22-12-15-25(30)16-13-22/h4-6,12-13,15-17,20-21,24,30H,3,7-11,14,18H2,1-2H3,(H,28,32)(H,29,31). The van der Waals surface area contributed by atoms with Crippen molar-refractivity contribution >= 4 is 11.8 Å². The SMILES string of the molecule is CCC(CCC1CCC(c2ccc(O)cc2)CC1)NC(=O)CNC(=O)c1cccc(C)c1. The van der Waals surface area contributed by atoms with Gasteiger partial charge in [0.05, 0.1) is 6.54 Å². The third-order valence-corrected chi connectivity index (χ3v) is 6.68. The minimum absolute atomic E-state index is 0.00101. The van der Waals surface area contributed by atoms with Crippen LogP contribution in [0.2, 0.25) is 0 Å². The summed E-state index contributed by atoms with van der Waals surface area (Å²) in [4.78, 5) is 24.6. The van der Waals surface area contributed by atoms with Gasteiger partial charge in [-0.3, -0.25) is 9.59 Å². The first-order chi connectivity index (χ1) is 15.4. The van der Waals surface area contributed by atoms with Crippen LogP contribution >= 0.6 is 0 Å². The molecule has 5 heteroatoms. The number of amides is 2. The Bertz CT molecular complexity index is 886. The average Bonchev–Trinajstić information content (AvgIpc) is 2.81. The maximum atomic E-state index is 12.3. The predicted molar refractivity (Wildman–Crippen MR) is 128 cm³/mol. The number of carbonyl (C=O) groups excluding carboxylic acids is 2. The zero-order valence-corrected chi connectivity index (χ0v) is 19.3. The largest absolute Gasteiger partial charge is 0.508 e. The van der Waals surface area contributed by atoms with Crippen molar-refractivity contribution in [3.8, 4) is 5.75 Å². The molecule has 2 amide bonds. The van der Waals surface area contributed by atoms with Gasteiger partial charge in [0.1, 0.15) is 5.75 Å². The molecule has 3 rings (SSSR count). The van der Waals surface area contributed by atoms with E-state index in [-0.39, 0.29) is 24.4 Å². The molecule has 172 valence electrons. The molecule has 0 bridgehead atoms.